The summed E-state index contributed by atoms with van der Waals surface area (Å²) in [4.78, 5) is 47.1. The van der Waals surface area contributed by atoms with Gasteiger partial charge < -0.3 is 30.7 Å². The fraction of sp³-hybridized carbons (Fsp3) is 0.379. The van der Waals surface area contributed by atoms with Gasteiger partial charge in [0.05, 0.1) is 31.2 Å². The quantitative estimate of drug-likeness (QED) is 0.0289. The molecule has 3 heterocycles. The number of thiazole rings is 1. The van der Waals surface area contributed by atoms with Crippen LogP contribution in [0.1, 0.15) is 32.4 Å². The minimum absolute atomic E-state index is 0.0322. The van der Waals surface area contributed by atoms with Crippen molar-refractivity contribution in [2.45, 2.75) is 38.3 Å². The number of ether oxygens (including phenoxy) is 1. The summed E-state index contributed by atoms with van der Waals surface area (Å²) in [6, 6.07) is 10.9. The number of carboxylic acids is 1. The Morgan fingerprint density at radius 3 is 2.54 bits per heavy atom. The number of benzene rings is 1. The Morgan fingerprint density at radius 1 is 1.25 bits per heavy atom. The molecular weight excluding hydrogens is 670 g/mol. The number of nitrogens with two attached hydrogens (primary N) is 2. The van der Waals surface area contributed by atoms with Crippen LogP contribution in [0.25, 0.3) is 11.1 Å². The molecule has 2 aromatic heterocycles. The van der Waals surface area contributed by atoms with Crippen molar-refractivity contribution < 1.29 is 50.9 Å². The zero-order valence-electron chi connectivity index (χ0n) is 26.2. The maximum absolute atomic E-state index is 13.3. The number of nitrogen functional groups attached to an aromatic ring is 1. The number of carboxylic acid groups (broad SMARTS) is 1. The fourth-order valence-electron chi connectivity index (χ4n) is 4.71. The number of amides is 1. The Morgan fingerprint density at radius 2 is 1.96 bits per heavy atom. The van der Waals surface area contributed by atoms with Gasteiger partial charge in [-0.3, -0.25) is 14.9 Å². The Bertz CT molecular complexity index is 1800. The van der Waals surface area contributed by atoms with Crippen LogP contribution < -0.4 is 26.1 Å². The van der Waals surface area contributed by atoms with Gasteiger partial charge in [0.15, 0.2) is 16.6 Å². The Kier molecular flexibility index (Phi) is 11.3. The number of β-lactam (4-membered cyclic amide) rings is 1. The number of carbonyl (C=O) groups is 3. The third-order valence-corrected chi connectivity index (χ3v) is 8.44. The predicted molar refractivity (Wildman–Crippen MR) is 171 cm³/mol. The number of anilines is 2. The molecule has 1 aliphatic rings. The largest absolute Gasteiger partial charge is 0.724 e. The molecule has 1 fully saturated rings. The second-order valence-electron chi connectivity index (χ2n) is 11.2. The van der Waals surface area contributed by atoms with Crippen molar-refractivity contribution in [1.29, 1.82) is 0 Å². The van der Waals surface area contributed by atoms with Crippen LogP contribution in [0.2, 0.25) is 0 Å². The van der Waals surface area contributed by atoms with Gasteiger partial charge in [0.2, 0.25) is 10.4 Å². The molecule has 2 atom stereocenters. The number of hydrogen-bond acceptors (Lipinski definition) is 15. The van der Waals surface area contributed by atoms with E-state index in [2.05, 4.69) is 19.7 Å². The monoisotopic (exact) mass is 705 g/mol. The van der Waals surface area contributed by atoms with Crippen LogP contribution in [-0.2, 0) is 41.0 Å². The Balaban J connectivity index is 1.44. The third-order valence-electron chi connectivity index (χ3n) is 7.43. The summed E-state index contributed by atoms with van der Waals surface area (Å²) in [5, 5.41) is 18.7. The Labute approximate surface area is 280 Å². The highest BCUT2D eigenvalue weighted by Crippen LogP contribution is 2.40. The average Bonchev–Trinajstić information content (AvgIpc) is 3.46. The molecule has 17 nitrogen and oxygen atoms in total. The number of Topliss-reactive ketones (excluding diaryl/α,β-unsaturated/α-hetero) is 1. The number of ketones is 1. The van der Waals surface area contributed by atoms with E-state index in [0.717, 1.165) is 41.2 Å². The summed E-state index contributed by atoms with van der Waals surface area (Å²) in [7, 11) is -3.32. The zero-order chi connectivity index (χ0) is 35.2. The molecule has 258 valence electrons. The molecule has 19 heteroatoms. The number of carbonyl (C=O) groups excluding carboxylic acids is 2. The summed E-state index contributed by atoms with van der Waals surface area (Å²) in [6.07, 6.45) is 0.575. The minimum Gasteiger partial charge on any atom is -0.724 e. The number of hydrogen-bond donors (Lipinski definition) is 4. The molecule has 0 radical (unpaired) electrons. The molecule has 0 unspecified atom stereocenters. The van der Waals surface area contributed by atoms with E-state index < -0.39 is 64.4 Å². The molecule has 6 N–H and O–H groups in total. The van der Waals surface area contributed by atoms with Crippen LogP contribution in [0, 0.1) is 5.92 Å². The zero-order valence-corrected chi connectivity index (χ0v) is 27.8. The predicted octanol–water partition coefficient (Wildman–Crippen LogP) is 0.818. The second kappa shape index (κ2) is 15.0. The van der Waals surface area contributed by atoms with Gasteiger partial charge in [-0.2, -0.15) is 9.35 Å². The van der Waals surface area contributed by atoms with Gasteiger partial charge in [-0.1, -0.05) is 17.3 Å². The van der Waals surface area contributed by atoms with Gasteiger partial charge in [0.1, 0.15) is 18.1 Å². The SMILES string of the molecule is C[n+]1ccc(-c2ccc(OC[C@H](O/N=C(\C(=O)C[C@@H]3C(=O)N(OS(=O)(=O)[O-])C3(C)C)c3csc(N)n3)C(=O)O)cc2)cc1NCCCN. The van der Waals surface area contributed by atoms with Crippen LogP contribution >= 0.6 is 11.3 Å². The maximum atomic E-state index is 13.3. The van der Waals surface area contributed by atoms with Crippen molar-refractivity contribution in [3.63, 3.8) is 0 Å². The highest BCUT2D eigenvalue weighted by Gasteiger charge is 2.57. The normalized spacial score (nSPS) is 16.6. The molecule has 0 spiro atoms. The van der Waals surface area contributed by atoms with E-state index >= 15 is 0 Å². The number of aromatic nitrogens is 2. The van der Waals surface area contributed by atoms with Crippen molar-refractivity contribution >= 4 is 56.1 Å². The van der Waals surface area contributed by atoms with Crippen LogP contribution in [0.3, 0.4) is 0 Å². The van der Waals surface area contributed by atoms with Crippen LogP contribution in [0.4, 0.5) is 10.9 Å². The second-order valence-corrected chi connectivity index (χ2v) is 13.1. The van der Waals surface area contributed by atoms with Gasteiger partial charge in [0, 0.05) is 17.9 Å². The molecule has 1 saturated heterocycles. The molecule has 3 aromatic rings. The lowest BCUT2D eigenvalue weighted by Gasteiger charge is -2.51. The van der Waals surface area contributed by atoms with Gasteiger partial charge in [-0.25, -0.2) is 22.8 Å². The summed E-state index contributed by atoms with van der Waals surface area (Å²) in [6.45, 7) is 3.62. The molecule has 1 amide bonds. The number of pyridine rings is 1. The molecule has 0 aliphatic carbocycles. The first kappa shape index (κ1) is 36.2. The minimum atomic E-state index is -5.24. The topological polar surface area (TPSA) is 253 Å². The average molecular weight is 706 g/mol. The van der Waals surface area contributed by atoms with E-state index in [9.17, 15) is 32.5 Å². The van der Waals surface area contributed by atoms with Gasteiger partial charge in [-0.15, -0.1) is 11.3 Å². The van der Waals surface area contributed by atoms with E-state index in [1.165, 1.54) is 19.2 Å². The molecule has 48 heavy (non-hydrogen) atoms. The summed E-state index contributed by atoms with van der Waals surface area (Å²) in [5.74, 6) is -2.99. The van der Waals surface area contributed by atoms with E-state index in [-0.39, 0.29) is 10.8 Å². The first-order valence-electron chi connectivity index (χ1n) is 14.5. The Hall–Kier alpha value is -4.69. The van der Waals surface area contributed by atoms with Gasteiger partial charge in [0.25, 0.3) is 17.8 Å². The van der Waals surface area contributed by atoms with Gasteiger partial charge in [-0.05, 0) is 56.1 Å². The van der Waals surface area contributed by atoms with Crippen LogP contribution in [0.5, 0.6) is 5.75 Å². The molecule has 4 rings (SSSR count). The van der Waals surface area contributed by atoms with E-state index in [1.807, 2.05) is 42.1 Å². The standard InChI is InChI=1S/C29H35N7O10S2/c1-29(2)20(26(38)36(29)46-48(41,42)43)14-22(37)25(21-16-47-28(31)33-21)34-45-23(27(39)40)15-44-19-7-5-17(6-8-19)18-9-12-35(3)24(13-18)32-11-4-10-30/h5-9,12-13,16,20,23H,4,10-11,14-15,30H2,1-3H3,(H4,31,33,39,40,41,42,43)/b34-25-/t20-,23+/m1/s1. The van der Waals surface area contributed by atoms with Crippen molar-refractivity contribution in [2.75, 3.05) is 30.7 Å². The lowest BCUT2D eigenvalue weighted by molar-refractivity contribution is -0.657. The first-order chi connectivity index (χ1) is 22.6. The molecule has 1 aliphatic heterocycles. The highest BCUT2D eigenvalue weighted by molar-refractivity contribution is 7.80. The van der Waals surface area contributed by atoms with Crippen molar-refractivity contribution in [3.05, 3.63) is 53.7 Å². The van der Waals surface area contributed by atoms with Crippen LogP contribution in [0.15, 0.2) is 53.1 Å². The number of nitrogens with zero attached hydrogens (tertiary/aromatic N) is 4. The van der Waals surface area contributed by atoms with Crippen LogP contribution in [-0.4, -0.2) is 82.8 Å². The number of nitrogens with one attached hydrogen (secondary N) is 1. The summed E-state index contributed by atoms with van der Waals surface area (Å²) < 4.78 is 44.9. The van der Waals surface area contributed by atoms with Crippen molar-refractivity contribution in [2.24, 2.45) is 23.9 Å². The lowest BCUT2D eigenvalue weighted by Crippen LogP contribution is -2.68. The number of aryl methyl sites for hydroxylation is 1. The lowest BCUT2D eigenvalue weighted by atomic mass is 9.74. The van der Waals surface area contributed by atoms with E-state index in [0.29, 0.717) is 17.4 Å². The molecule has 0 saturated carbocycles. The number of rotatable bonds is 17. The van der Waals surface area contributed by atoms with Crippen molar-refractivity contribution in [3.8, 4) is 16.9 Å². The fourth-order valence-corrected chi connectivity index (χ4v) is 5.70. The van der Waals surface area contributed by atoms with E-state index in [4.69, 9.17) is 21.0 Å². The molecule has 1 aromatic carbocycles. The number of oxime groups is 1. The highest BCUT2D eigenvalue weighted by atomic mass is 32.3. The smallest absolute Gasteiger partial charge is 0.351 e. The number of hydroxylamine groups is 2. The number of aliphatic carboxylic acids is 1. The first-order valence-corrected chi connectivity index (χ1v) is 16.7. The third kappa shape index (κ3) is 8.81. The van der Waals surface area contributed by atoms with E-state index in [1.54, 1.807) is 12.1 Å². The van der Waals surface area contributed by atoms with Crippen molar-refractivity contribution in [1.82, 2.24) is 10.0 Å². The van der Waals surface area contributed by atoms with Gasteiger partial charge >= 0.3 is 5.97 Å². The maximum Gasteiger partial charge on any atom is 0.351 e. The molecule has 0 bridgehead atoms. The molecular formula is C29H35N7O10S2. The summed E-state index contributed by atoms with van der Waals surface area (Å²) >= 11 is 0.980. The summed E-state index contributed by atoms with van der Waals surface area (Å²) in [5.41, 5.74) is 11.3.